The molecular formula is C18H17NO2. The SMILES string of the molecule is CN1C(=O)C(C)(C(=O)c2ccccc2)Cc2ccccc21. The van der Waals surface area contributed by atoms with Gasteiger partial charge in [-0.2, -0.15) is 0 Å². The smallest absolute Gasteiger partial charge is 0.240 e. The highest BCUT2D eigenvalue weighted by atomic mass is 16.2. The summed E-state index contributed by atoms with van der Waals surface area (Å²) in [5, 5.41) is 0. The lowest BCUT2D eigenvalue weighted by Crippen LogP contribution is -2.50. The van der Waals surface area contributed by atoms with Crippen LogP contribution in [0.2, 0.25) is 0 Å². The van der Waals surface area contributed by atoms with E-state index in [-0.39, 0.29) is 11.7 Å². The van der Waals surface area contributed by atoms with Crippen molar-refractivity contribution in [3.8, 4) is 0 Å². The Morgan fingerprint density at radius 2 is 1.67 bits per heavy atom. The van der Waals surface area contributed by atoms with Gasteiger partial charge >= 0.3 is 0 Å². The summed E-state index contributed by atoms with van der Waals surface area (Å²) in [4.78, 5) is 27.2. The van der Waals surface area contributed by atoms with Crippen LogP contribution in [-0.4, -0.2) is 18.7 Å². The van der Waals surface area contributed by atoms with Crippen LogP contribution in [0.5, 0.6) is 0 Å². The van der Waals surface area contributed by atoms with Crippen LogP contribution in [0.25, 0.3) is 0 Å². The summed E-state index contributed by atoms with van der Waals surface area (Å²) >= 11 is 0. The molecule has 0 bridgehead atoms. The maximum absolute atomic E-state index is 12.8. The Labute approximate surface area is 124 Å². The molecule has 1 unspecified atom stereocenters. The standard InChI is InChI=1S/C18H17NO2/c1-18(16(20)13-8-4-3-5-9-13)12-14-10-6-7-11-15(14)19(2)17(18)21/h3-11H,12H2,1-2H3. The number of hydrogen-bond acceptors (Lipinski definition) is 2. The van der Waals surface area contributed by atoms with Gasteiger partial charge in [0.25, 0.3) is 0 Å². The first-order valence-electron chi connectivity index (χ1n) is 7.00. The highest BCUT2D eigenvalue weighted by molar-refractivity contribution is 6.19. The first-order chi connectivity index (χ1) is 10.0. The summed E-state index contributed by atoms with van der Waals surface area (Å²) in [5.41, 5.74) is 1.47. The molecule has 0 aliphatic carbocycles. The van der Waals surface area contributed by atoms with Gasteiger partial charge in [0.1, 0.15) is 5.41 Å². The van der Waals surface area contributed by atoms with E-state index in [0.717, 1.165) is 11.3 Å². The summed E-state index contributed by atoms with van der Waals surface area (Å²) in [6.07, 6.45) is 0.445. The lowest BCUT2D eigenvalue weighted by Gasteiger charge is -2.37. The van der Waals surface area contributed by atoms with E-state index >= 15 is 0 Å². The molecule has 1 aliphatic rings. The normalized spacial score (nSPS) is 21.0. The number of rotatable bonds is 2. The van der Waals surface area contributed by atoms with Gasteiger partial charge in [0, 0.05) is 18.3 Å². The second kappa shape index (κ2) is 4.85. The van der Waals surface area contributed by atoms with Crippen LogP contribution in [0, 0.1) is 5.41 Å². The van der Waals surface area contributed by atoms with Gasteiger partial charge in [-0.05, 0) is 25.0 Å². The largest absolute Gasteiger partial charge is 0.314 e. The number of fused-ring (bicyclic) bond motifs is 1. The Bertz CT molecular complexity index is 708. The van der Waals surface area contributed by atoms with E-state index < -0.39 is 5.41 Å². The lowest BCUT2D eigenvalue weighted by molar-refractivity contribution is -0.125. The molecule has 3 nitrogen and oxygen atoms in total. The van der Waals surface area contributed by atoms with E-state index in [1.54, 1.807) is 31.0 Å². The Kier molecular flexibility index (Phi) is 3.13. The monoisotopic (exact) mass is 279 g/mol. The molecule has 1 aliphatic heterocycles. The molecule has 0 saturated carbocycles. The minimum absolute atomic E-state index is 0.116. The van der Waals surface area contributed by atoms with Crippen LogP contribution < -0.4 is 4.90 Å². The number of amides is 1. The maximum atomic E-state index is 12.8. The van der Waals surface area contributed by atoms with Crippen molar-refractivity contribution < 1.29 is 9.59 Å². The van der Waals surface area contributed by atoms with Crippen molar-refractivity contribution in [2.45, 2.75) is 13.3 Å². The van der Waals surface area contributed by atoms with Crippen LogP contribution in [-0.2, 0) is 11.2 Å². The van der Waals surface area contributed by atoms with Crippen molar-refractivity contribution in [2.75, 3.05) is 11.9 Å². The number of anilines is 1. The second-order valence-corrected chi connectivity index (χ2v) is 5.70. The Morgan fingerprint density at radius 1 is 1.05 bits per heavy atom. The molecule has 0 spiro atoms. The minimum atomic E-state index is -1.04. The summed E-state index contributed by atoms with van der Waals surface area (Å²) in [6, 6.07) is 16.8. The highest BCUT2D eigenvalue weighted by Gasteiger charge is 2.46. The second-order valence-electron chi connectivity index (χ2n) is 5.70. The van der Waals surface area contributed by atoms with Gasteiger partial charge in [-0.1, -0.05) is 48.5 Å². The highest BCUT2D eigenvalue weighted by Crippen LogP contribution is 2.38. The van der Waals surface area contributed by atoms with Crippen molar-refractivity contribution in [1.82, 2.24) is 0 Å². The predicted octanol–water partition coefficient (Wildman–Crippen LogP) is 3.09. The molecule has 21 heavy (non-hydrogen) atoms. The first-order valence-corrected chi connectivity index (χ1v) is 7.00. The van der Waals surface area contributed by atoms with E-state index in [0.29, 0.717) is 12.0 Å². The fourth-order valence-corrected chi connectivity index (χ4v) is 3.01. The molecule has 1 heterocycles. The van der Waals surface area contributed by atoms with Gasteiger partial charge in [-0.25, -0.2) is 0 Å². The summed E-state index contributed by atoms with van der Waals surface area (Å²) in [7, 11) is 1.73. The molecule has 1 amide bonds. The van der Waals surface area contributed by atoms with Gasteiger partial charge in [-0.3, -0.25) is 9.59 Å². The molecule has 0 N–H and O–H groups in total. The van der Waals surface area contributed by atoms with Gasteiger partial charge in [-0.15, -0.1) is 0 Å². The predicted molar refractivity (Wildman–Crippen MR) is 82.4 cm³/mol. The molecule has 3 rings (SSSR count). The van der Waals surface area contributed by atoms with Crippen LogP contribution in [0.15, 0.2) is 54.6 Å². The van der Waals surface area contributed by atoms with Crippen LogP contribution in [0.1, 0.15) is 22.8 Å². The maximum Gasteiger partial charge on any atom is 0.240 e. The molecule has 106 valence electrons. The van der Waals surface area contributed by atoms with Crippen molar-refractivity contribution >= 4 is 17.4 Å². The fourth-order valence-electron chi connectivity index (χ4n) is 3.01. The third-order valence-corrected chi connectivity index (χ3v) is 4.21. The van der Waals surface area contributed by atoms with Crippen LogP contribution in [0.3, 0.4) is 0 Å². The molecular weight excluding hydrogens is 262 g/mol. The first kappa shape index (κ1) is 13.6. The zero-order valence-corrected chi connectivity index (χ0v) is 12.2. The Balaban J connectivity index is 2.06. The van der Waals surface area contributed by atoms with E-state index in [1.165, 1.54) is 0 Å². The average molecular weight is 279 g/mol. The Hall–Kier alpha value is -2.42. The molecule has 1 atom stereocenters. The molecule has 0 radical (unpaired) electrons. The number of hydrogen-bond donors (Lipinski definition) is 0. The molecule has 0 fully saturated rings. The molecule has 0 saturated heterocycles. The van der Waals surface area contributed by atoms with E-state index in [2.05, 4.69) is 0 Å². The zero-order chi connectivity index (χ0) is 15.0. The number of carbonyl (C=O) groups is 2. The zero-order valence-electron chi connectivity index (χ0n) is 12.2. The summed E-state index contributed by atoms with van der Waals surface area (Å²) in [5.74, 6) is -0.260. The summed E-state index contributed by atoms with van der Waals surface area (Å²) in [6.45, 7) is 1.75. The van der Waals surface area contributed by atoms with Crippen molar-refractivity contribution in [3.05, 3.63) is 65.7 Å². The third-order valence-electron chi connectivity index (χ3n) is 4.21. The number of benzene rings is 2. The van der Waals surface area contributed by atoms with Crippen LogP contribution in [0.4, 0.5) is 5.69 Å². The number of para-hydroxylation sites is 1. The summed E-state index contributed by atoms with van der Waals surface area (Å²) < 4.78 is 0. The van der Waals surface area contributed by atoms with Gasteiger partial charge in [0.2, 0.25) is 5.91 Å². The molecule has 0 aromatic heterocycles. The van der Waals surface area contributed by atoms with E-state index in [4.69, 9.17) is 0 Å². The van der Waals surface area contributed by atoms with Gasteiger partial charge in [0.15, 0.2) is 5.78 Å². The molecule has 2 aromatic carbocycles. The number of carbonyl (C=O) groups excluding carboxylic acids is 2. The Morgan fingerprint density at radius 3 is 2.38 bits per heavy atom. The quantitative estimate of drug-likeness (QED) is 0.626. The average Bonchev–Trinajstić information content (AvgIpc) is 2.53. The third kappa shape index (κ3) is 2.05. The van der Waals surface area contributed by atoms with Gasteiger partial charge in [0.05, 0.1) is 0 Å². The van der Waals surface area contributed by atoms with Crippen molar-refractivity contribution in [1.29, 1.82) is 0 Å². The number of Topliss-reactive ketones (excluding diaryl/α,β-unsaturated/α-hetero) is 1. The van der Waals surface area contributed by atoms with Crippen molar-refractivity contribution in [2.24, 2.45) is 5.41 Å². The molecule has 3 heteroatoms. The van der Waals surface area contributed by atoms with Crippen molar-refractivity contribution in [3.63, 3.8) is 0 Å². The number of nitrogens with zero attached hydrogens (tertiary/aromatic N) is 1. The molecule has 2 aromatic rings. The van der Waals surface area contributed by atoms with E-state index in [9.17, 15) is 9.59 Å². The fraction of sp³-hybridized carbons (Fsp3) is 0.222. The lowest BCUT2D eigenvalue weighted by atomic mass is 9.73. The topological polar surface area (TPSA) is 37.4 Å². The number of ketones is 1. The van der Waals surface area contributed by atoms with Gasteiger partial charge < -0.3 is 4.90 Å². The van der Waals surface area contributed by atoms with Crippen LogP contribution >= 0.6 is 0 Å². The van der Waals surface area contributed by atoms with E-state index in [1.807, 2.05) is 42.5 Å². The minimum Gasteiger partial charge on any atom is -0.314 e.